The number of amides is 1. The van der Waals surface area contributed by atoms with Gasteiger partial charge in [0, 0.05) is 10.4 Å². The summed E-state index contributed by atoms with van der Waals surface area (Å²) in [4.78, 5) is 26.8. The van der Waals surface area contributed by atoms with Gasteiger partial charge in [-0.1, -0.05) is 12.1 Å². The fourth-order valence-corrected chi connectivity index (χ4v) is 3.80. The van der Waals surface area contributed by atoms with Crippen molar-refractivity contribution in [1.82, 2.24) is 5.32 Å². The van der Waals surface area contributed by atoms with Gasteiger partial charge in [-0.3, -0.25) is 9.59 Å². The van der Waals surface area contributed by atoms with Gasteiger partial charge < -0.3 is 10.1 Å². The molecule has 0 radical (unpaired) electrons. The van der Waals surface area contributed by atoms with E-state index in [2.05, 4.69) is 5.32 Å². The molecule has 0 aliphatic heterocycles. The minimum absolute atomic E-state index is 0.0281. The minimum atomic E-state index is -0.173. The SMILES string of the molecule is COc1cccc(C(=O)NCc2ccc(C(=O)c3cccs3)s2)c1. The Bertz CT molecular complexity index is 853. The smallest absolute Gasteiger partial charge is 0.251 e. The highest BCUT2D eigenvalue weighted by atomic mass is 32.1. The number of hydrogen-bond acceptors (Lipinski definition) is 5. The molecule has 1 N–H and O–H groups in total. The molecule has 1 aromatic carbocycles. The minimum Gasteiger partial charge on any atom is -0.497 e. The number of nitrogens with one attached hydrogen (secondary N) is 1. The monoisotopic (exact) mass is 357 g/mol. The molecule has 0 unspecified atom stereocenters. The quantitative estimate of drug-likeness (QED) is 0.679. The number of carbonyl (C=O) groups is 2. The maximum Gasteiger partial charge on any atom is 0.251 e. The molecule has 0 fully saturated rings. The zero-order chi connectivity index (χ0) is 16.9. The predicted molar refractivity (Wildman–Crippen MR) is 96.2 cm³/mol. The molecule has 0 saturated carbocycles. The standard InChI is InChI=1S/C18H15NO3S2/c1-22-13-5-2-4-12(10-13)18(21)19-11-14-7-8-16(24-14)17(20)15-6-3-9-23-15/h2-10H,11H2,1H3,(H,19,21). The molecule has 3 aromatic rings. The lowest BCUT2D eigenvalue weighted by Crippen LogP contribution is -2.22. The van der Waals surface area contributed by atoms with Gasteiger partial charge >= 0.3 is 0 Å². The van der Waals surface area contributed by atoms with Gasteiger partial charge in [-0.25, -0.2) is 0 Å². The molecule has 2 heterocycles. The van der Waals surface area contributed by atoms with Crippen LogP contribution in [0.2, 0.25) is 0 Å². The van der Waals surface area contributed by atoms with E-state index in [4.69, 9.17) is 4.74 Å². The van der Waals surface area contributed by atoms with Crippen LogP contribution >= 0.6 is 22.7 Å². The summed E-state index contributed by atoms with van der Waals surface area (Å²) in [6.45, 7) is 0.387. The van der Waals surface area contributed by atoms with Crippen molar-refractivity contribution in [2.24, 2.45) is 0 Å². The summed E-state index contributed by atoms with van der Waals surface area (Å²) in [7, 11) is 1.56. The summed E-state index contributed by atoms with van der Waals surface area (Å²) in [6.07, 6.45) is 0. The highest BCUT2D eigenvalue weighted by Gasteiger charge is 2.13. The molecule has 0 atom stereocenters. The number of thiophene rings is 2. The normalized spacial score (nSPS) is 10.4. The molecular formula is C18H15NO3S2. The van der Waals surface area contributed by atoms with E-state index < -0.39 is 0 Å². The van der Waals surface area contributed by atoms with Gasteiger partial charge in [0.1, 0.15) is 5.75 Å². The molecular weight excluding hydrogens is 342 g/mol. The lowest BCUT2D eigenvalue weighted by molar-refractivity contribution is 0.0950. The number of carbonyl (C=O) groups excluding carboxylic acids is 2. The molecule has 3 rings (SSSR count). The lowest BCUT2D eigenvalue weighted by Gasteiger charge is -2.05. The van der Waals surface area contributed by atoms with Gasteiger partial charge in [-0.05, 0) is 41.8 Å². The van der Waals surface area contributed by atoms with Gasteiger partial charge in [-0.2, -0.15) is 0 Å². The first kappa shape index (κ1) is 16.4. The number of ether oxygens (including phenoxy) is 1. The van der Waals surface area contributed by atoms with E-state index in [1.165, 1.54) is 22.7 Å². The van der Waals surface area contributed by atoms with Crippen molar-refractivity contribution in [3.8, 4) is 5.75 Å². The molecule has 122 valence electrons. The molecule has 0 spiro atoms. The fraction of sp³-hybridized carbons (Fsp3) is 0.111. The van der Waals surface area contributed by atoms with Crippen molar-refractivity contribution in [2.75, 3.05) is 7.11 Å². The first-order valence-electron chi connectivity index (χ1n) is 7.26. The Balaban J connectivity index is 1.63. The number of methoxy groups -OCH3 is 1. The summed E-state index contributed by atoms with van der Waals surface area (Å²) in [6, 6.07) is 14.3. The zero-order valence-corrected chi connectivity index (χ0v) is 14.6. The van der Waals surface area contributed by atoms with E-state index >= 15 is 0 Å². The van der Waals surface area contributed by atoms with Gasteiger partial charge in [0.15, 0.2) is 0 Å². The average Bonchev–Trinajstić information content (AvgIpc) is 3.31. The molecule has 2 aromatic heterocycles. The van der Waals surface area contributed by atoms with Crippen molar-refractivity contribution in [2.45, 2.75) is 6.54 Å². The molecule has 0 saturated heterocycles. The van der Waals surface area contributed by atoms with E-state index in [9.17, 15) is 9.59 Å². The summed E-state index contributed by atoms with van der Waals surface area (Å²) < 4.78 is 5.12. The third kappa shape index (κ3) is 3.72. The van der Waals surface area contributed by atoms with Crippen molar-refractivity contribution >= 4 is 34.4 Å². The largest absolute Gasteiger partial charge is 0.497 e. The zero-order valence-electron chi connectivity index (χ0n) is 12.9. The molecule has 0 aliphatic rings. The summed E-state index contributed by atoms with van der Waals surface area (Å²) in [5.41, 5.74) is 0.542. The molecule has 0 aliphatic carbocycles. The number of hydrogen-bond donors (Lipinski definition) is 1. The van der Waals surface area contributed by atoms with Gasteiger partial charge in [0.25, 0.3) is 5.91 Å². The summed E-state index contributed by atoms with van der Waals surface area (Å²) >= 11 is 2.83. The second kappa shape index (κ2) is 7.42. The first-order valence-corrected chi connectivity index (χ1v) is 8.96. The average molecular weight is 357 g/mol. The van der Waals surface area contributed by atoms with Crippen LogP contribution in [-0.4, -0.2) is 18.8 Å². The lowest BCUT2D eigenvalue weighted by atomic mass is 10.2. The van der Waals surface area contributed by atoms with Crippen molar-refractivity contribution < 1.29 is 14.3 Å². The van der Waals surface area contributed by atoms with Gasteiger partial charge in [0.2, 0.25) is 5.78 Å². The van der Waals surface area contributed by atoms with Crippen LogP contribution in [0.3, 0.4) is 0 Å². The van der Waals surface area contributed by atoms with Crippen molar-refractivity contribution in [3.63, 3.8) is 0 Å². The second-order valence-corrected chi connectivity index (χ2v) is 7.10. The van der Waals surface area contributed by atoms with Crippen LogP contribution in [0.15, 0.2) is 53.9 Å². The first-order chi connectivity index (χ1) is 11.7. The predicted octanol–water partition coefficient (Wildman–Crippen LogP) is 3.98. The van der Waals surface area contributed by atoms with Crippen LogP contribution in [-0.2, 0) is 6.54 Å². The maximum atomic E-state index is 12.3. The molecule has 4 nitrogen and oxygen atoms in total. The summed E-state index contributed by atoms with van der Waals surface area (Å²) in [5, 5.41) is 4.75. The van der Waals surface area contributed by atoms with Crippen LogP contribution in [0.5, 0.6) is 5.75 Å². The molecule has 1 amide bonds. The Hall–Kier alpha value is -2.44. The van der Waals surface area contributed by atoms with E-state index in [0.29, 0.717) is 22.7 Å². The Kier molecular flexibility index (Phi) is 5.08. The highest BCUT2D eigenvalue weighted by molar-refractivity contribution is 7.16. The molecule has 6 heteroatoms. The van der Waals surface area contributed by atoms with E-state index in [1.54, 1.807) is 37.4 Å². The highest BCUT2D eigenvalue weighted by Crippen LogP contribution is 2.22. The fourth-order valence-electron chi connectivity index (χ4n) is 2.16. The Morgan fingerprint density at radius 3 is 2.71 bits per heavy atom. The second-order valence-electron chi connectivity index (χ2n) is 4.99. The van der Waals surface area contributed by atoms with Crippen LogP contribution in [0.1, 0.15) is 29.8 Å². The van der Waals surface area contributed by atoms with E-state index in [0.717, 1.165) is 9.75 Å². The van der Waals surface area contributed by atoms with Crippen molar-refractivity contribution in [3.05, 3.63) is 74.1 Å². The Morgan fingerprint density at radius 2 is 1.96 bits per heavy atom. The topological polar surface area (TPSA) is 55.4 Å². The van der Waals surface area contributed by atoms with Crippen LogP contribution in [0, 0.1) is 0 Å². The van der Waals surface area contributed by atoms with Crippen LogP contribution < -0.4 is 10.1 Å². The van der Waals surface area contributed by atoms with Crippen LogP contribution in [0.25, 0.3) is 0 Å². The number of ketones is 1. The van der Waals surface area contributed by atoms with Crippen molar-refractivity contribution in [1.29, 1.82) is 0 Å². The number of rotatable bonds is 6. The van der Waals surface area contributed by atoms with Gasteiger partial charge in [0.05, 0.1) is 23.4 Å². The Labute approximate surface area is 147 Å². The third-order valence-electron chi connectivity index (χ3n) is 3.39. The van der Waals surface area contributed by atoms with Gasteiger partial charge in [-0.15, -0.1) is 22.7 Å². The van der Waals surface area contributed by atoms with E-state index in [1.807, 2.05) is 23.6 Å². The maximum absolute atomic E-state index is 12.3. The van der Waals surface area contributed by atoms with Crippen LogP contribution in [0.4, 0.5) is 0 Å². The third-order valence-corrected chi connectivity index (χ3v) is 5.34. The number of benzene rings is 1. The molecule has 24 heavy (non-hydrogen) atoms. The molecule has 0 bridgehead atoms. The Morgan fingerprint density at radius 1 is 1.08 bits per heavy atom. The summed E-state index contributed by atoms with van der Waals surface area (Å²) in [5.74, 6) is 0.497. The van der Waals surface area contributed by atoms with E-state index in [-0.39, 0.29) is 11.7 Å².